The number of hydrogen-bond donors (Lipinski definition) is 4. The van der Waals surface area contributed by atoms with Crippen molar-refractivity contribution in [1.82, 2.24) is 31.2 Å². The number of nitrogens with zero attached hydrogens (tertiary/aromatic N) is 2. The first-order chi connectivity index (χ1) is 65.0. The summed E-state index contributed by atoms with van der Waals surface area (Å²) in [5.41, 5.74) is -0.554. The van der Waals surface area contributed by atoms with Crippen LogP contribution in [-0.2, 0) is 39.4 Å². The number of ether oxygens (including phenoxy) is 1. The van der Waals surface area contributed by atoms with Crippen LogP contribution in [0, 0.1) is 45.3 Å². The fraction of sp³-hybridized carbons (Fsp3) is 0.410. The topological polar surface area (TPSA) is 238 Å². The zero-order chi connectivity index (χ0) is 98.6. The van der Waals surface area contributed by atoms with E-state index >= 15 is 0 Å². The molecule has 8 fully saturated rings. The van der Waals surface area contributed by atoms with Crippen LogP contribution in [0.2, 0.25) is 35.2 Å². The summed E-state index contributed by atoms with van der Waals surface area (Å²) in [6.45, 7) is 16.5. The van der Waals surface area contributed by atoms with E-state index in [-0.39, 0.29) is 135 Å². The quantitative estimate of drug-likeness (QED) is 0.0335. The highest BCUT2D eigenvalue weighted by Crippen LogP contribution is 2.66. The number of fused-ring (bicyclic) bond motifs is 4. The van der Waals surface area contributed by atoms with Gasteiger partial charge in [-0.3, -0.25) is 29.1 Å². The Kier molecular flexibility index (Phi) is 30.5. The number of carbonyl (C=O) groups is 4. The van der Waals surface area contributed by atoms with Gasteiger partial charge in [-0.05, 0) is 310 Å². The lowest BCUT2D eigenvalue weighted by Gasteiger charge is -2.47. The van der Waals surface area contributed by atoms with E-state index in [9.17, 15) is 62.4 Å². The van der Waals surface area contributed by atoms with Crippen LogP contribution in [0.4, 0.5) is 26.3 Å². The van der Waals surface area contributed by atoms with Gasteiger partial charge in [0.1, 0.15) is 17.2 Å². The van der Waals surface area contributed by atoms with Crippen molar-refractivity contribution in [2.75, 3.05) is 7.11 Å². The van der Waals surface area contributed by atoms with Crippen LogP contribution in [0.25, 0.3) is 22.3 Å². The molecule has 20 atom stereocenters. The van der Waals surface area contributed by atoms with Gasteiger partial charge in [-0.15, -0.1) is 0 Å². The van der Waals surface area contributed by atoms with Crippen molar-refractivity contribution in [1.29, 1.82) is 0 Å². The summed E-state index contributed by atoms with van der Waals surface area (Å²) in [7, 11) is -10.1. The highest BCUT2D eigenvalue weighted by Gasteiger charge is 2.64. The first-order valence-electron chi connectivity index (χ1n) is 46.2. The lowest BCUT2D eigenvalue weighted by atomic mass is 9.54. The summed E-state index contributed by atoms with van der Waals surface area (Å²) in [6, 6.07) is 59.2. The molecule has 6 heterocycles. The SMILES string of the molecule is CC[C@@]12CC[C@@H](c3ccc(-c4cccnc4)cc3Cl)[C@H](c3ccc(Cl)cc3)[C@@H]1[C@@H](C)NC2=O.CC[C@@]12CC[C@@H](c3ccc(-c4ccncc4)cc3Cl)[C@H](c3ccc(Cl)cc3)[C@@H]1[C@@H](C)NC2=O.CC[C@@]12CC[C@@H](c3ccc(OC)cc3Cl)[C@H](c3ccc(OS(=O)(=O)C(F)(F)F)cc3)[C@@H]1[C@@H](C)NC2=O.CC[C@@]12CC[C@@H](c3ccc(OS(=O)(=O)C(F)(F)F)cc3Cl)[C@H](c3ccc(Cl)cc3)[C@@H]1[C@@H](C)NC2=O. The predicted molar refractivity (Wildman–Crippen MR) is 525 cm³/mol. The Morgan fingerprint density at radius 3 is 0.927 bits per heavy atom. The average molecular weight is 2060 g/mol. The van der Waals surface area contributed by atoms with E-state index in [0.717, 1.165) is 115 Å². The number of nitrogens with one attached hydrogen (secondary N) is 4. The predicted octanol–water partition coefficient (Wildman–Crippen LogP) is 26.7. The molecule has 8 aliphatic rings. The summed E-state index contributed by atoms with van der Waals surface area (Å²) in [4.78, 5) is 60.8. The lowest BCUT2D eigenvalue weighted by molar-refractivity contribution is -0.132. The first kappa shape index (κ1) is 102. The smallest absolute Gasteiger partial charge is 0.497 e. The minimum atomic E-state index is -5.82. The molecule has 32 heteroatoms. The molecule has 726 valence electrons. The molecule has 0 radical (unpaired) electrons. The summed E-state index contributed by atoms with van der Waals surface area (Å²) in [5, 5.41) is 16.9. The van der Waals surface area contributed by atoms with Crippen molar-refractivity contribution in [2.24, 2.45) is 45.3 Å². The number of hydrogen-bond acceptors (Lipinski definition) is 13. The van der Waals surface area contributed by atoms with Crippen molar-refractivity contribution in [3.63, 3.8) is 0 Å². The van der Waals surface area contributed by atoms with Gasteiger partial charge in [0, 0.05) is 119 Å². The first-order valence-corrected chi connectivity index (χ1v) is 51.6. The third kappa shape index (κ3) is 19.7. The van der Waals surface area contributed by atoms with Gasteiger partial charge in [0.15, 0.2) is 0 Å². The number of aromatic nitrogens is 2. The summed E-state index contributed by atoms with van der Waals surface area (Å²) < 4.78 is 136. The van der Waals surface area contributed by atoms with Crippen LogP contribution in [0.15, 0.2) is 219 Å². The molecule has 17 nitrogen and oxygen atoms in total. The van der Waals surface area contributed by atoms with E-state index in [1.165, 1.54) is 35.4 Å². The number of rotatable bonds is 19. The standard InChI is InChI=1S/2C28H28Cl2N2O.C25H27ClF3NO5S.C24H24Cl2F3NO4S/c1-3-28-13-10-23(22-9-6-20(16-24(22)30)18-11-14-31-15-12-18)25(19-4-7-21(29)8-5-19)26(28)17(2)32-27(28)33;1-3-28-13-12-23(22-11-8-19(15-24(22)30)20-5-4-14-31-16-20)25(18-6-9-21(29)10-7-18)26(28)17(2)32-27(28)33;1-4-24-12-11-19(18-10-9-17(34-3)13-20(18)26)21(22(24)14(2)30-23(24)31)15-5-7-16(8-6-15)35-36(32,33)25(27,28)29;1-3-23-11-10-18(17-9-8-16(12-19(17)26)34-35(32,33)24(27,28)29)20(14-4-6-15(25)7-5-14)21(23)13(2)30-22(23)31/h4-9,11-12,14-17,23,25-26H,3,10,13H2,1-2H3,(H,32,33);4-11,14-17,23,25-26H,3,12-13H2,1-2H3,(H,32,33);5-10,13-14,19,21-22H,4,11-12H2,1-3H3,(H,30,31);4-9,12-13,18,20-21H,3,10-11H2,1-2H3,(H,30,31)/t2*17-,23+,25+,26+,28-;14-,19+,21+,22+,24-;13-,18+,20+,21+,23-/m1111/s1. The Morgan fingerprint density at radius 2 is 0.635 bits per heavy atom. The Balaban J connectivity index is 0.000000139. The Hall–Kier alpha value is -9.15. The molecule has 4 aliphatic heterocycles. The molecule has 4 aliphatic carbocycles. The van der Waals surface area contributed by atoms with Crippen molar-refractivity contribution in [2.45, 2.75) is 215 Å². The molecule has 4 N–H and O–H groups in total. The summed E-state index contributed by atoms with van der Waals surface area (Å²) >= 11 is 45.6. The van der Waals surface area contributed by atoms with Crippen molar-refractivity contribution < 1.29 is 75.5 Å². The Labute approximate surface area is 830 Å². The van der Waals surface area contributed by atoms with Crippen LogP contribution in [0.1, 0.15) is 224 Å². The van der Waals surface area contributed by atoms with E-state index in [1.54, 1.807) is 56.0 Å². The van der Waals surface area contributed by atoms with Crippen LogP contribution >= 0.6 is 81.2 Å². The van der Waals surface area contributed by atoms with E-state index in [4.69, 9.17) is 85.9 Å². The number of methoxy groups -OCH3 is 1. The van der Waals surface area contributed by atoms with E-state index < -0.39 is 53.6 Å². The third-order valence-corrected chi connectivity index (χ3v) is 35.2. The highest BCUT2D eigenvalue weighted by atomic mass is 35.5. The minimum absolute atomic E-state index is 0.00278. The van der Waals surface area contributed by atoms with Crippen LogP contribution in [-0.4, -0.2) is 92.7 Å². The van der Waals surface area contributed by atoms with Crippen LogP contribution < -0.4 is 34.4 Å². The second-order valence-corrected chi connectivity index (χ2v) is 43.6. The fourth-order valence-corrected chi connectivity index (χ4v) is 27.4. The third-order valence-electron chi connectivity index (χ3n) is 31.2. The Morgan fingerprint density at radius 1 is 0.350 bits per heavy atom. The van der Waals surface area contributed by atoms with Gasteiger partial charge in [-0.2, -0.15) is 43.2 Å². The van der Waals surface area contributed by atoms with Crippen molar-refractivity contribution in [3.05, 3.63) is 299 Å². The maximum atomic E-state index is 13.2. The zero-order valence-corrected chi connectivity index (χ0v) is 83.5. The number of carbonyl (C=O) groups excluding carboxylic acids is 4. The number of halogens is 13. The van der Waals surface area contributed by atoms with E-state index in [2.05, 4.69) is 128 Å². The molecule has 4 saturated heterocycles. The molecule has 18 rings (SSSR count). The van der Waals surface area contributed by atoms with Gasteiger partial charge in [-0.25, -0.2) is 0 Å². The lowest BCUT2D eigenvalue weighted by Crippen LogP contribution is -2.43. The maximum absolute atomic E-state index is 13.2. The second kappa shape index (κ2) is 40.8. The van der Waals surface area contributed by atoms with Gasteiger partial charge < -0.3 is 34.4 Å². The second-order valence-electron chi connectivity index (χ2n) is 37.6. The minimum Gasteiger partial charge on any atom is -0.497 e. The average Bonchev–Trinajstić information content (AvgIpc) is 1.61. The molecule has 4 amide bonds. The molecule has 137 heavy (non-hydrogen) atoms. The summed E-state index contributed by atoms with van der Waals surface area (Å²) in [6.07, 6.45) is 16.4. The number of alkyl halides is 6. The number of pyridine rings is 2. The van der Waals surface area contributed by atoms with Gasteiger partial charge in [0.2, 0.25) is 23.6 Å². The largest absolute Gasteiger partial charge is 0.534 e. The Bertz CT molecular complexity index is 6160. The van der Waals surface area contributed by atoms with Gasteiger partial charge in [-0.1, -0.05) is 200 Å². The number of amides is 4. The highest BCUT2D eigenvalue weighted by molar-refractivity contribution is 7.88. The fourth-order valence-electron chi connectivity index (χ4n) is 24.9. The summed E-state index contributed by atoms with van der Waals surface area (Å²) in [5.74, 6) is 0.498. The monoisotopic (exact) mass is 2050 g/mol. The molecule has 8 aromatic carbocycles. The number of benzene rings is 8. The van der Waals surface area contributed by atoms with Gasteiger partial charge in [0.05, 0.1) is 28.8 Å². The molecule has 0 bridgehead atoms. The normalized spacial score (nSPS) is 28.8. The zero-order valence-electron chi connectivity index (χ0n) is 76.6. The molecular weight excluding hydrogens is 1950 g/mol. The van der Waals surface area contributed by atoms with Crippen molar-refractivity contribution in [3.8, 4) is 39.5 Å². The molecule has 2 aromatic heterocycles. The molecule has 0 unspecified atom stereocenters. The van der Waals surface area contributed by atoms with Crippen molar-refractivity contribution >= 4 is 125 Å². The molecular formula is C105H107Cl7F6N6O11S2. The van der Waals surface area contributed by atoms with Gasteiger partial charge >= 0.3 is 31.3 Å². The molecule has 4 saturated carbocycles. The molecule has 10 aromatic rings. The van der Waals surface area contributed by atoms with Gasteiger partial charge in [0.25, 0.3) is 0 Å². The molecule has 0 spiro atoms. The maximum Gasteiger partial charge on any atom is 0.534 e. The van der Waals surface area contributed by atoms with E-state index in [0.29, 0.717) is 59.9 Å². The van der Waals surface area contributed by atoms with Crippen LogP contribution in [0.5, 0.6) is 17.2 Å². The van der Waals surface area contributed by atoms with Crippen LogP contribution in [0.3, 0.4) is 0 Å². The van der Waals surface area contributed by atoms with E-state index in [1.807, 2.05) is 107 Å².